The molecule has 0 atom stereocenters. The molecule has 33 heavy (non-hydrogen) atoms. The predicted molar refractivity (Wildman–Crippen MR) is 113 cm³/mol. The molecule has 0 aliphatic carbocycles. The second kappa shape index (κ2) is 8.06. The molecule has 0 aliphatic heterocycles. The molecule has 0 unspecified atom stereocenters. The summed E-state index contributed by atoms with van der Waals surface area (Å²) in [7, 11) is -1.12. The molecule has 9 nitrogen and oxygen atoms in total. The first-order chi connectivity index (χ1) is 15.5. The Balaban J connectivity index is 1.84. The van der Waals surface area contributed by atoms with Crippen molar-refractivity contribution in [1.29, 1.82) is 0 Å². The molecular formula is C20H19F3N6O3S. The van der Waals surface area contributed by atoms with Crippen molar-refractivity contribution in [2.45, 2.75) is 24.5 Å². The van der Waals surface area contributed by atoms with Crippen LogP contribution in [-0.4, -0.2) is 40.1 Å². The molecule has 0 amide bonds. The summed E-state index contributed by atoms with van der Waals surface area (Å²) in [4.78, 5) is 3.54. The zero-order valence-corrected chi connectivity index (χ0v) is 18.6. The molecular weight excluding hydrogens is 461 g/mol. The van der Waals surface area contributed by atoms with Gasteiger partial charge in [0, 0.05) is 36.0 Å². The maximum atomic E-state index is 14.0. The second-order valence-corrected chi connectivity index (χ2v) is 8.91. The van der Waals surface area contributed by atoms with E-state index in [9.17, 15) is 21.6 Å². The van der Waals surface area contributed by atoms with Crippen LogP contribution in [0, 0.1) is 6.92 Å². The lowest BCUT2D eigenvalue weighted by molar-refractivity contribution is -0.144. The number of nitrogens with one attached hydrogen (secondary N) is 1. The number of alkyl halides is 3. The number of halogens is 3. The van der Waals surface area contributed by atoms with E-state index in [0.29, 0.717) is 22.2 Å². The number of aromatic nitrogens is 5. The van der Waals surface area contributed by atoms with Crippen LogP contribution < -0.4 is 9.46 Å². The summed E-state index contributed by atoms with van der Waals surface area (Å²) in [6, 6.07) is 6.06. The minimum atomic E-state index is -4.79. The molecule has 4 rings (SSSR count). The molecule has 1 N–H and O–H groups in total. The second-order valence-electron chi connectivity index (χ2n) is 7.22. The van der Waals surface area contributed by atoms with Crippen LogP contribution in [0.1, 0.15) is 16.8 Å². The Hall–Kier alpha value is -3.61. The van der Waals surface area contributed by atoms with Gasteiger partial charge in [-0.2, -0.15) is 23.4 Å². The Morgan fingerprint density at radius 2 is 1.94 bits per heavy atom. The fourth-order valence-corrected chi connectivity index (χ4v) is 4.66. The highest BCUT2D eigenvalue weighted by atomic mass is 32.2. The van der Waals surface area contributed by atoms with Gasteiger partial charge in [0.25, 0.3) is 10.0 Å². The van der Waals surface area contributed by atoms with Crippen LogP contribution in [0.25, 0.3) is 10.9 Å². The summed E-state index contributed by atoms with van der Waals surface area (Å²) in [5.74, 6) is -0.0767. The molecule has 3 aromatic heterocycles. The number of aryl methyl sites for hydroxylation is 1. The van der Waals surface area contributed by atoms with Crippen LogP contribution in [0.4, 0.5) is 19.0 Å². The number of sulfonamides is 1. The molecule has 174 valence electrons. The number of benzene rings is 1. The smallest absolute Gasteiger partial charge is 0.433 e. The topological polar surface area (TPSA) is 104 Å². The fraction of sp³-hybridized carbons (Fsp3) is 0.250. The number of rotatable bonds is 6. The highest BCUT2D eigenvalue weighted by Gasteiger charge is 2.39. The fourth-order valence-electron chi connectivity index (χ4n) is 3.64. The summed E-state index contributed by atoms with van der Waals surface area (Å²) < 4.78 is 77.1. The largest absolute Gasteiger partial charge is 0.496 e. The molecule has 0 aliphatic rings. The normalized spacial score (nSPS) is 12.3. The Kier molecular flexibility index (Phi) is 5.52. The zero-order valence-electron chi connectivity index (χ0n) is 17.8. The van der Waals surface area contributed by atoms with Gasteiger partial charge >= 0.3 is 6.18 Å². The molecule has 13 heteroatoms. The third-order valence-corrected chi connectivity index (χ3v) is 6.45. The molecule has 0 bridgehead atoms. The van der Waals surface area contributed by atoms with Gasteiger partial charge in [0.2, 0.25) is 0 Å². The van der Waals surface area contributed by atoms with Gasteiger partial charge in [0.15, 0.2) is 5.82 Å². The standard InChI is InChI=1S/C20H19F3N6O3S/c1-12-18(20(21,22)23)29(26-19(12)27-33(30,31)14-5-4-8-24-10-14)11-15-16(32-3)7-6-13-9-25-28(2)17(13)15/h4-10H,11H2,1-3H3,(H,26,27). The summed E-state index contributed by atoms with van der Waals surface area (Å²) >= 11 is 0. The molecule has 0 radical (unpaired) electrons. The van der Waals surface area contributed by atoms with Gasteiger partial charge in [-0.1, -0.05) is 0 Å². The van der Waals surface area contributed by atoms with E-state index < -0.39 is 27.7 Å². The van der Waals surface area contributed by atoms with Crippen molar-refractivity contribution in [2.75, 3.05) is 11.8 Å². The van der Waals surface area contributed by atoms with Crippen LogP contribution >= 0.6 is 0 Å². The van der Waals surface area contributed by atoms with Crippen LogP contribution in [0.3, 0.4) is 0 Å². The lowest BCUT2D eigenvalue weighted by atomic mass is 10.1. The maximum absolute atomic E-state index is 14.0. The first-order valence-electron chi connectivity index (χ1n) is 9.58. The van der Waals surface area contributed by atoms with E-state index in [1.54, 1.807) is 25.4 Å². The summed E-state index contributed by atoms with van der Waals surface area (Å²) in [6.07, 6.45) is -0.728. The average Bonchev–Trinajstić information content (AvgIpc) is 3.28. The number of nitrogens with zero attached hydrogens (tertiary/aromatic N) is 5. The van der Waals surface area contributed by atoms with E-state index in [2.05, 4.69) is 19.9 Å². The van der Waals surface area contributed by atoms with E-state index >= 15 is 0 Å². The van der Waals surface area contributed by atoms with Gasteiger partial charge in [-0.15, -0.1) is 0 Å². The van der Waals surface area contributed by atoms with Crippen LogP contribution in [0.15, 0.2) is 47.8 Å². The molecule has 3 heterocycles. The molecule has 0 saturated heterocycles. The first kappa shape index (κ1) is 22.6. The summed E-state index contributed by atoms with van der Waals surface area (Å²) in [5, 5.41) is 8.85. The van der Waals surface area contributed by atoms with Gasteiger partial charge < -0.3 is 4.74 Å². The van der Waals surface area contributed by atoms with Crippen molar-refractivity contribution in [3.05, 3.63) is 59.7 Å². The third kappa shape index (κ3) is 4.11. The molecule has 0 saturated carbocycles. The highest BCUT2D eigenvalue weighted by molar-refractivity contribution is 7.92. The van der Waals surface area contributed by atoms with E-state index in [-0.39, 0.29) is 17.0 Å². The zero-order chi connectivity index (χ0) is 24.0. The number of anilines is 1. The summed E-state index contributed by atoms with van der Waals surface area (Å²) in [6.45, 7) is 0.833. The average molecular weight is 480 g/mol. The molecule has 1 aromatic carbocycles. The van der Waals surface area contributed by atoms with E-state index in [1.807, 2.05) is 0 Å². The molecule has 4 aromatic rings. The summed E-state index contributed by atoms with van der Waals surface area (Å²) in [5.41, 5.74) is -0.434. The van der Waals surface area contributed by atoms with Gasteiger partial charge in [0.1, 0.15) is 16.3 Å². The Morgan fingerprint density at radius 3 is 2.58 bits per heavy atom. The van der Waals surface area contributed by atoms with E-state index in [1.165, 1.54) is 30.1 Å². The van der Waals surface area contributed by atoms with Crippen molar-refractivity contribution in [1.82, 2.24) is 24.5 Å². The van der Waals surface area contributed by atoms with Crippen LogP contribution in [0.2, 0.25) is 0 Å². The first-order valence-corrected chi connectivity index (χ1v) is 11.1. The van der Waals surface area contributed by atoms with Crippen LogP contribution in [0.5, 0.6) is 5.75 Å². The number of hydrogen-bond donors (Lipinski definition) is 1. The quantitative estimate of drug-likeness (QED) is 0.454. The van der Waals surface area contributed by atoms with Gasteiger partial charge in [-0.25, -0.2) is 8.42 Å². The number of methoxy groups -OCH3 is 1. The van der Waals surface area contributed by atoms with Crippen molar-refractivity contribution >= 4 is 26.7 Å². The van der Waals surface area contributed by atoms with E-state index in [0.717, 1.165) is 17.8 Å². The van der Waals surface area contributed by atoms with Gasteiger partial charge in [-0.05, 0) is 31.2 Å². The number of pyridine rings is 1. The monoisotopic (exact) mass is 480 g/mol. The highest BCUT2D eigenvalue weighted by Crippen LogP contribution is 2.37. The Morgan fingerprint density at radius 1 is 1.18 bits per heavy atom. The number of hydrogen-bond acceptors (Lipinski definition) is 6. The van der Waals surface area contributed by atoms with Gasteiger partial charge in [0.05, 0.1) is 25.4 Å². The minimum absolute atomic E-state index is 0.200. The molecule has 0 spiro atoms. The molecule has 0 fully saturated rings. The predicted octanol–water partition coefficient (Wildman–Crippen LogP) is 3.35. The number of ether oxygens (including phenoxy) is 1. The minimum Gasteiger partial charge on any atom is -0.496 e. The van der Waals surface area contributed by atoms with E-state index in [4.69, 9.17) is 4.74 Å². The lowest BCUT2D eigenvalue weighted by Crippen LogP contribution is -2.17. The maximum Gasteiger partial charge on any atom is 0.433 e. The van der Waals surface area contributed by atoms with Crippen molar-refractivity contribution in [3.63, 3.8) is 0 Å². The number of fused-ring (bicyclic) bond motifs is 1. The van der Waals surface area contributed by atoms with Crippen molar-refractivity contribution in [3.8, 4) is 5.75 Å². The van der Waals surface area contributed by atoms with Crippen molar-refractivity contribution in [2.24, 2.45) is 7.05 Å². The lowest BCUT2D eigenvalue weighted by Gasteiger charge is -2.15. The van der Waals surface area contributed by atoms with Crippen LogP contribution in [-0.2, 0) is 29.8 Å². The third-order valence-electron chi connectivity index (χ3n) is 5.13. The Bertz CT molecular complexity index is 1430. The van der Waals surface area contributed by atoms with Gasteiger partial charge in [-0.3, -0.25) is 19.1 Å². The van der Waals surface area contributed by atoms with Crippen molar-refractivity contribution < 1.29 is 26.3 Å². The SMILES string of the molecule is COc1ccc2cnn(C)c2c1Cn1nc(NS(=O)(=O)c2cccnc2)c(C)c1C(F)(F)F. The Labute approximate surface area is 186 Å².